The Kier molecular flexibility index (Phi) is 6.06. The summed E-state index contributed by atoms with van der Waals surface area (Å²) in [6.45, 7) is 4.48. The van der Waals surface area contributed by atoms with E-state index in [-0.39, 0.29) is 10.9 Å². The molecule has 1 heterocycles. The largest absolute Gasteiger partial charge is 0.392 e. The topological polar surface area (TPSA) is 20.2 Å². The van der Waals surface area contributed by atoms with Gasteiger partial charge >= 0.3 is 0 Å². The maximum Gasteiger partial charge on any atom is 0.0684 e. The molecule has 0 saturated carbocycles. The average molecular weight is 230 g/mol. The molecule has 1 saturated heterocycles. The molecule has 0 spiro atoms. The van der Waals surface area contributed by atoms with Crippen LogP contribution < -0.4 is 0 Å². The lowest BCUT2D eigenvalue weighted by atomic mass is 9.94. The summed E-state index contributed by atoms with van der Waals surface area (Å²) in [4.78, 5) is 0. The third-order valence-corrected chi connectivity index (χ3v) is 5.16. The van der Waals surface area contributed by atoms with Crippen molar-refractivity contribution in [1.29, 1.82) is 0 Å². The predicted molar refractivity (Wildman–Crippen MR) is 69.5 cm³/mol. The van der Waals surface area contributed by atoms with E-state index in [0.717, 1.165) is 6.42 Å². The maximum atomic E-state index is 10.1. The molecule has 90 valence electrons. The fourth-order valence-electron chi connectivity index (χ4n) is 2.31. The molecule has 0 aromatic heterocycles. The van der Waals surface area contributed by atoms with Crippen LogP contribution in [0.4, 0.5) is 0 Å². The number of aliphatic hydroxyl groups excluding tert-OH is 1. The monoisotopic (exact) mass is 230 g/mol. The molecule has 1 nitrogen and oxygen atoms in total. The van der Waals surface area contributed by atoms with Crippen molar-refractivity contribution in [3.63, 3.8) is 0 Å². The van der Waals surface area contributed by atoms with E-state index in [1.807, 2.05) is 11.8 Å². The van der Waals surface area contributed by atoms with Crippen molar-refractivity contribution in [3.8, 4) is 0 Å². The van der Waals surface area contributed by atoms with Crippen molar-refractivity contribution in [3.05, 3.63) is 0 Å². The van der Waals surface area contributed by atoms with Crippen molar-refractivity contribution in [2.45, 2.75) is 76.1 Å². The van der Waals surface area contributed by atoms with E-state index in [0.29, 0.717) is 0 Å². The molecule has 2 atom stereocenters. The van der Waals surface area contributed by atoms with Gasteiger partial charge in [-0.15, -0.1) is 0 Å². The molecule has 2 heteroatoms. The van der Waals surface area contributed by atoms with E-state index in [2.05, 4.69) is 13.8 Å². The number of unbranched alkanes of at least 4 members (excludes halogenated alkanes) is 4. The molecule has 1 rings (SSSR count). The first-order valence-electron chi connectivity index (χ1n) is 6.51. The first kappa shape index (κ1) is 13.4. The molecule has 0 aromatic rings. The lowest BCUT2D eigenvalue weighted by molar-refractivity contribution is 0.121. The van der Waals surface area contributed by atoms with Gasteiger partial charge in [-0.3, -0.25) is 0 Å². The molecule has 1 N–H and O–H groups in total. The third-order valence-electron chi connectivity index (χ3n) is 3.54. The van der Waals surface area contributed by atoms with Crippen LogP contribution in [0.1, 0.15) is 65.2 Å². The molecule has 0 bridgehead atoms. The summed E-state index contributed by atoms with van der Waals surface area (Å²) in [5, 5.41) is 10.1. The van der Waals surface area contributed by atoms with E-state index >= 15 is 0 Å². The highest BCUT2D eigenvalue weighted by Crippen LogP contribution is 2.41. The number of hydrogen-bond donors (Lipinski definition) is 1. The molecule has 2 unspecified atom stereocenters. The number of rotatable bonds is 7. The zero-order valence-corrected chi connectivity index (χ0v) is 11.1. The Morgan fingerprint density at radius 3 is 2.60 bits per heavy atom. The lowest BCUT2D eigenvalue weighted by Gasteiger charge is -2.29. The fourth-order valence-corrected chi connectivity index (χ4v) is 3.66. The van der Waals surface area contributed by atoms with Gasteiger partial charge in [0.05, 0.1) is 6.10 Å². The van der Waals surface area contributed by atoms with Gasteiger partial charge in [0.25, 0.3) is 0 Å². The average Bonchev–Trinajstić information content (AvgIpc) is 2.66. The third kappa shape index (κ3) is 4.36. The van der Waals surface area contributed by atoms with Gasteiger partial charge in [-0.2, -0.15) is 11.8 Å². The molecule has 1 fully saturated rings. The summed E-state index contributed by atoms with van der Waals surface area (Å²) in [6.07, 6.45) is 9.91. The molecular formula is C13H26OS. The van der Waals surface area contributed by atoms with Crippen LogP contribution in [0.2, 0.25) is 0 Å². The molecule has 0 aromatic carbocycles. The van der Waals surface area contributed by atoms with Crippen molar-refractivity contribution in [2.75, 3.05) is 5.75 Å². The maximum absolute atomic E-state index is 10.1. The fraction of sp³-hybridized carbons (Fsp3) is 1.00. The molecule has 1 aliphatic heterocycles. The van der Waals surface area contributed by atoms with Crippen LogP contribution in [0.3, 0.4) is 0 Å². The van der Waals surface area contributed by atoms with Gasteiger partial charge in [0.1, 0.15) is 0 Å². The van der Waals surface area contributed by atoms with E-state index in [1.165, 1.54) is 50.7 Å². The molecule has 0 radical (unpaired) electrons. The summed E-state index contributed by atoms with van der Waals surface area (Å²) < 4.78 is 0.171. The first-order valence-corrected chi connectivity index (χ1v) is 7.49. The Morgan fingerprint density at radius 2 is 2.00 bits per heavy atom. The Balaban J connectivity index is 2.09. The molecule has 1 aliphatic rings. The van der Waals surface area contributed by atoms with E-state index < -0.39 is 0 Å². The minimum Gasteiger partial charge on any atom is -0.392 e. The van der Waals surface area contributed by atoms with Gasteiger partial charge in [0.2, 0.25) is 0 Å². The Labute approximate surface area is 99.0 Å². The second-order valence-corrected chi connectivity index (χ2v) is 6.61. The summed E-state index contributed by atoms with van der Waals surface area (Å²) >= 11 is 1.97. The van der Waals surface area contributed by atoms with Crippen molar-refractivity contribution < 1.29 is 5.11 Å². The summed E-state index contributed by atoms with van der Waals surface area (Å²) in [6, 6.07) is 0. The van der Waals surface area contributed by atoms with E-state index in [9.17, 15) is 5.11 Å². The van der Waals surface area contributed by atoms with Crippen molar-refractivity contribution in [1.82, 2.24) is 0 Å². The quantitative estimate of drug-likeness (QED) is 0.667. The van der Waals surface area contributed by atoms with Crippen LogP contribution in [0.25, 0.3) is 0 Å². The highest BCUT2D eigenvalue weighted by molar-refractivity contribution is 8.00. The number of thioether (sulfide) groups is 1. The van der Waals surface area contributed by atoms with E-state index in [1.54, 1.807) is 0 Å². The summed E-state index contributed by atoms with van der Waals surface area (Å²) in [7, 11) is 0. The Hall–Kier alpha value is 0.310. The van der Waals surface area contributed by atoms with Crippen molar-refractivity contribution in [2.24, 2.45) is 0 Å². The molecule has 0 amide bonds. The first-order chi connectivity index (χ1) is 7.19. The number of aliphatic hydroxyl groups is 1. The second kappa shape index (κ2) is 6.80. The predicted octanol–water partition coefficient (Wildman–Crippen LogP) is 3.99. The molecular weight excluding hydrogens is 204 g/mol. The van der Waals surface area contributed by atoms with Gasteiger partial charge in [0, 0.05) is 4.75 Å². The Morgan fingerprint density at radius 1 is 1.27 bits per heavy atom. The van der Waals surface area contributed by atoms with Crippen LogP contribution in [0, 0.1) is 0 Å². The smallest absolute Gasteiger partial charge is 0.0684 e. The van der Waals surface area contributed by atoms with Gasteiger partial charge in [-0.1, -0.05) is 39.0 Å². The minimum absolute atomic E-state index is 0.0772. The van der Waals surface area contributed by atoms with Crippen molar-refractivity contribution >= 4 is 11.8 Å². The Bertz CT molecular complexity index is 164. The minimum atomic E-state index is -0.0772. The van der Waals surface area contributed by atoms with E-state index in [4.69, 9.17) is 0 Å². The zero-order valence-electron chi connectivity index (χ0n) is 10.3. The summed E-state index contributed by atoms with van der Waals surface area (Å²) in [5.74, 6) is 1.24. The van der Waals surface area contributed by atoms with Crippen LogP contribution in [0.5, 0.6) is 0 Å². The van der Waals surface area contributed by atoms with Gasteiger partial charge in [0.15, 0.2) is 0 Å². The van der Waals surface area contributed by atoms with Crippen LogP contribution >= 0.6 is 11.8 Å². The zero-order chi connectivity index (χ0) is 11.1. The highest BCUT2D eigenvalue weighted by Gasteiger charge is 2.36. The normalized spacial score (nSPS) is 28.2. The van der Waals surface area contributed by atoms with Crippen LogP contribution in [-0.2, 0) is 0 Å². The van der Waals surface area contributed by atoms with Gasteiger partial charge < -0.3 is 5.11 Å². The van der Waals surface area contributed by atoms with Gasteiger partial charge in [-0.25, -0.2) is 0 Å². The SMILES string of the molecule is CCCCCCCC(O)C1(C)CCCS1. The standard InChI is InChI=1S/C13H26OS/c1-3-4-5-6-7-9-12(14)13(2)10-8-11-15-13/h12,14H,3-11H2,1-2H3. The molecule has 0 aliphatic carbocycles. The van der Waals surface area contributed by atoms with Crippen LogP contribution in [0.15, 0.2) is 0 Å². The summed E-state index contributed by atoms with van der Waals surface area (Å²) in [5.41, 5.74) is 0. The van der Waals surface area contributed by atoms with Crippen LogP contribution in [-0.4, -0.2) is 21.7 Å². The number of hydrogen-bond acceptors (Lipinski definition) is 2. The highest BCUT2D eigenvalue weighted by atomic mass is 32.2. The second-order valence-electron chi connectivity index (χ2n) is 4.98. The molecule has 15 heavy (non-hydrogen) atoms. The lowest BCUT2D eigenvalue weighted by Crippen LogP contribution is -2.33. The van der Waals surface area contributed by atoms with Gasteiger partial charge in [-0.05, 0) is 31.9 Å².